The molecule has 1 saturated heterocycles. The zero-order chi connectivity index (χ0) is 15.6. The minimum atomic E-state index is -0.374. The first-order valence-electron chi connectivity index (χ1n) is 8.68. The highest BCUT2D eigenvalue weighted by Crippen LogP contribution is 2.27. The molecule has 1 saturated carbocycles. The monoisotopic (exact) mass is 295 g/mol. The number of nitrogens with zero attached hydrogens (tertiary/aromatic N) is 2. The van der Waals surface area contributed by atoms with Gasteiger partial charge in [-0.1, -0.05) is 33.6 Å². The fourth-order valence-electron chi connectivity index (χ4n) is 3.72. The average Bonchev–Trinajstić information content (AvgIpc) is 3.06. The van der Waals surface area contributed by atoms with E-state index in [-0.39, 0.29) is 17.6 Å². The number of carbonyl (C=O) groups is 1. The average molecular weight is 295 g/mol. The zero-order valence-corrected chi connectivity index (χ0v) is 14.5. The van der Waals surface area contributed by atoms with Crippen molar-refractivity contribution >= 4 is 5.91 Å². The fraction of sp³-hybridized carbons (Fsp3) is 0.941. The molecule has 21 heavy (non-hydrogen) atoms. The van der Waals surface area contributed by atoms with Crippen LogP contribution >= 0.6 is 0 Å². The van der Waals surface area contributed by atoms with Crippen LogP contribution in [-0.2, 0) is 4.79 Å². The van der Waals surface area contributed by atoms with E-state index in [0.29, 0.717) is 5.92 Å². The number of hydrogen-bond acceptors (Lipinski definition) is 3. The minimum Gasteiger partial charge on any atom is -0.324 e. The molecule has 1 amide bonds. The molecular weight excluding hydrogens is 262 g/mol. The lowest BCUT2D eigenvalue weighted by Gasteiger charge is -2.31. The maximum Gasteiger partial charge on any atom is 0.243 e. The summed E-state index contributed by atoms with van der Waals surface area (Å²) in [7, 11) is 2.22. The van der Waals surface area contributed by atoms with E-state index < -0.39 is 0 Å². The van der Waals surface area contributed by atoms with Gasteiger partial charge in [-0.15, -0.1) is 0 Å². The summed E-state index contributed by atoms with van der Waals surface area (Å²) in [5.41, 5.74) is -0.374. The summed E-state index contributed by atoms with van der Waals surface area (Å²) < 4.78 is 0. The summed E-state index contributed by atoms with van der Waals surface area (Å²) in [4.78, 5) is 17.3. The Balaban J connectivity index is 1.97. The molecule has 2 rings (SSSR count). The van der Waals surface area contributed by atoms with E-state index in [2.05, 4.69) is 42.9 Å². The van der Waals surface area contributed by atoms with Crippen molar-refractivity contribution in [1.29, 1.82) is 0 Å². The number of likely N-dealkylation sites (N-methyl/N-ethyl adjacent to an activating group) is 1. The number of carbonyl (C=O) groups excluding carboxylic acids is 1. The van der Waals surface area contributed by atoms with Gasteiger partial charge in [-0.2, -0.15) is 0 Å². The van der Waals surface area contributed by atoms with Gasteiger partial charge in [0.05, 0.1) is 11.7 Å². The Kier molecular flexibility index (Phi) is 5.31. The SMILES string of the molecule is CCC1(C)NC(C(C)C)N(CCN(C)C2CCCC2)C1=O. The van der Waals surface area contributed by atoms with Crippen LogP contribution in [0, 0.1) is 5.92 Å². The number of hydrogen-bond donors (Lipinski definition) is 1. The molecule has 4 heteroatoms. The normalized spacial score (nSPS) is 31.1. The van der Waals surface area contributed by atoms with E-state index in [1.165, 1.54) is 25.7 Å². The van der Waals surface area contributed by atoms with Gasteiger partial charge < -0.3 is 9.80 Å². The molecule has 2 unspecified atom stereocenters. The van der Waals surface area contributed by atoms with Crippen molar-refractivity contribution in [3.8, 4) is 0 Å². The quantitative estimate of drug-likeness (QED) is 0.817. The first-order chi connectivity index (χ1) is 9.89. The Labute approximate surface area is 130 Å². The zero-order valence-electron chi connectivity index (χ0n) is 14.5. The molecule has 1 aliphatic heterocycles. The van der Waals surface area contributed by atoms with Crippen LogP contribution in [-0.4, -0.2) is 53.6 Å². The van der Waals surface area contributed by atoms with Gasteiger partial charge in [0.2, 0.25) is 5.91 Å². The Morgan fingerprint density at radius 1 is 1.38 bits per heavy atom. The smallest absolute Gasteiger partial charge is 0.243 e. The van der Waals surface area contributed by atoms with Crippen molar-refractivity contribution in [2.24, 2.45) is 5.92 Å². The lowest BCUT2D eigenvalue weighted by atomic mass is 9.99. The second kappa shape index (κ2) is 6.66. The van der Waals surface area contributed by atoms with E-state index in [1.54, 1.807) is 0 Å². The van der Waals surface area contributed by atoms with Gasteiger partial charge in [0.25, 0.3) is 0 Å². The predicted molar refractivity (Wildman–Crippen MR) is 87.1 cm³/mol. The number of amides is 1. The molecule has 1 aliphatic carbocycles. The van der Waals surface area contributed by atoms with Crippen molar-refractivity contribution in [2.75, 3.05) is 20.1 Å². The molecule has 1 heterocycles. The van der Waals surface area contributed by atoms with Crippen LogP contribution < -0.4 is 5.32 Å². The second-order valence-corrected chi connectivity index (χ2v) is 7.44. The molecule has 2 aliphatic rings. The van der Waals surface area contributed by atoms with Gasteiger partial charge in [-0.3, -0.25) is 10.1 Å². The molecule has 122 valence electrons. The third-order valence-electron chi connectivity index (χ3n) is 5.52. The van der Waals surface area contributed by atoms with Gasteiger partial charge in [0, 0.05) is 19.1 Å². The standard InChI is InChI=1S/C17H33N3O/c1-6-17(4)16(21)20(15(18-17)13(2)3)12-11-19(5)14-9-7-8-10-14/h13-15,18H,6-12H2,1-5H3. The van der Waals surface area contributed by atoms with E-state index in [9.17, 15) is 4.79 Å². The molecule has 0 aromatic heterocycles. The maximum absolute atomic E-state index is 12.8. The molecule has 0 bridgehead atoms. The number of nitrogens with one attached hydrogen (secondary N) is 1. The van der Waals surface area contributed by atoms with Gasteiger partial charge in [-0.25, -0.2) is 0 Å². The molecule has 0 aromatic rings. The largest absolute Gasteiger partial charge is 0.324 e. The van der Waals surface area contributed by atoms with Crippen LogP contribution in [0.15, 0.2) is 0 Å². The Morgan fingerprint density at radius 2 is 2.00 bits per heavy atom. The van der Waals surface area contributed by atoms with E-state index >= 15 is 0 Å². The minimum absolute atomic E-state index is 0.180. The predicted octanol–water partition coefficient (Wildman–Crippen LogP) is 2.44. The first-order valence-corrected chi connectivity index (χ1v) is 8.68. The third kappa shape index (κ3) is 3.42. The first kappa shape index (κ1) is 16.8. The van der Waals surface area contributed by atoms with Crippen LogP contribution in [0.2, 0.25) is 0 Å². The fourth-order valence-corrected chi connectivity index (χ4v) is 3.72. The van der Waals surface area contributed by atoms with Crippen molar-refractivity contribution < 1.29 is 4.79 Å². The lowest BCUT2D eigenvalue weighted by molar-refractivity contribution is -0.133. The Bertz CT molecular complexity index is 365. The summed E-state index contributed by atoms with van der Waals surface area (Å²) >= 11 is 0. The number of rotatable bonds is 6. The molecule has 0 aromatic carbocycles. The highest BCUT2D eigenvalue weighted by Gasteiger charge is 2.47. The van der Waals surface area contributed by atoms with Gasteiger partial charge in [0.15, 0.2) is 0 Å². The maximum atomic E-state index is 12.8. The van der Waals surface area contributed by atoms with Crippen molar-refractivity contribution in [3.63, 3.8) is 0 Å². The van der Waals surface area contributed by atoms with Crippen LogP contribution in [0.5, 0.6) is 0 Å². The van der Waals surface area contributed by atoms with Crippen LogP contribution in [0.4, 0.5) is 0 Å². The summed E-state index contributed by atoms with van der Waals surface area (Å²) in [6.07, 6.45) is 6.40. The van der Waals surface area contributed by atoms with Crippen molar-refractivity contribution in [2.45, 2.75) is 77.5 Å². The van der Waals surface area contributed by atoms with Crippen LogP contribution in [0.25, 0.3) is 0 Å². The molecule has 0 spiro atoms. The third-order valence-corrected chi connectivity index (χ3v) is 5.52. The van der Waals surface area contributed by atoms with E-state index in [4.69, 9.17) is 0 Å². The van der Waals surface area contributed by atoms with Gasteiger partial charge in [-0.05, 0) is 39.2 Å². The highest BCUT2D eigenvalue weighted by atomic mass is 16.2. The summed E-state index contributed by atoms with van der Waals surface area (Å²) in [6, 6.07) is 0.728. The molecule has 4 nitrogen and oxygen atoms in total. The highest BCUT2D eigenvalue weighted by molar-refractivity contribution is 5.88. The van der Waals surface area contributed by atoms with Gasteiger partial charge in [0.1, 0.15) is 0 Å². The molecule has 2 atom stereocenters. The van der Waals surface area contributed by atoms with Gasteiger partial charge >= 0.3 is 0 Å². The summed E-state index contributed by atoms with van der Waals surface area (Å²) in [6.45, 7) is 10.4. The van der Waals surface area contributed by atoms with E-state index in [1.807, 2.05) is 6.92 Å². The molecule has 2 fully saturated rings. The van der Waals surface area contributed by atoms with Crippen molar-refractivity contribution in [3.05, 3.63) is 0 Å². The lowest BCUT2D eigenvalue weighted by Crippen LogP contribution is -2.45. The Hall–Kier alpha value is -0.610. The molecular formula is C17H33N3O. The van der Waals surface area contributed by atoms with Crippen LogP contribution in [0.1, 0.15) is 59.8 Å². The summed E-state index contributed by atoms with van der Waals surface area (Å²) in [5.74, 6) is 0.725. The molecule has 1 N–H and O–H groups in total. The Morgan fingerprint density at radius 3 is 2.52 bits per heavy atom. The topological polar surface area (TPSA) is 35.6 Å². The second-order valence-electron chi connectivity index (χ2n) is 7.44. The summed E-state index contributed by atoms with van der Waals surface area (Å²) in [5, 5.41) is 3.57. The molecule has 0 radical (unpaired) electrons. The van der Waals surface area contributed by atoms with Crippen LogP contribution in [0.3, 0.4) is 0 Å². The van der Waals surface area contributed by atoms with E-state index in [0.717, 1.165) is 25.6 Å². The van der Waals surface area contributed by atoms with Crippen molar-refractivity contribution in [1.82, 2.24) is 15.1 Å².